The maximum atomic E-state index is 11.5. The summed E-state index contributed by atoms with van der Waals surface area (Å²) in [5, 5.41) is 9.45. The van der Waals surface area contributed by atoms with Crippen molar-refractivity contribution in [3.8, 4) is 0 Å². The van der Waals surface area contributed by atoms with E-state index in [4.69, 9.17) is 14.2 Å². The minimum atomic E-state index is -0.876. The van der Waals surface area contributed by atoms with Gasteiger partial charge in [0.2, 0.25) is 0 Å². The van der Waals surface area contributed by atoms with Gasteiger partial charge in [-0.1, -0.05) is 30.3 Å². The van der Waals surface area contributed by atoms with Crippen LogP contribution in [0.2, 0.25) is 0 Å². The van der Waals surface area contributed by atoms with E-state index < -0.39 is 6.09 Å². The van der Waals surface area contributed by atoms with Crippen molar-refractivity contribution in [3.05, 3.63) is 35.9 Å². The van der Waals surface area contributed by atoms with Gasteiger partial charge >= 0.3 is 6.09 Å². The monoisotopic (exact) mass is 349 g/mol. The molecule has 0 radical (unpaired) electrons. The summed E-state index contributed by atoms with van der Waals surface area (Å²) in [5.41, 5.74) is 1.13. The summed E-state index contributed by atoms with van der Waals surface area (Å²) >= 11 is 0. The van der Waals surface area contributed by atoms with Crippen LogP contribution in [0.5, 0.6) is 0 Å². The van der Waals surface area contributed by atoms with E-state index in [1.165, 1.54) is 4.90 Å². The smallest absolute Gasteiger partial charge is 0.407 e. The molecule has 2 saturated heterocycles. The zero-order chi connectivity index (χ0) is 17.5. The van der Waals surface area contributed by atoms with Crippen LogP contribution in [-0.2, 0) is 20.6 Å². The van der Waals surface area contributed by atoms with E-state index in [0.717, 1.165) is 37.9 Å². The number of amides is 1. The average Bonchev–Trinajstić information content (AvgIpc) is 3.03. The molecule has 25 heavy (non-hydrogen) atoms. The molecule has 138 valence electrons. The largest absolute Gasteiger partial charge is 0.465 e. The van der Waals surface area contributed by atoms with Crippen LogP contribution in [0.1, 0.15) is 31.2 Å². The Morgan fingerprint density at radius 3 is 2.68 bits per heavy atom. The van der Waals surface area contributed by atoms with Crippen LogP contribution in [0.25, 0.3) is 0 Å². The molecule has 0 spiro atoms. The number of nitrogens with zero attached hydrogens (tertiary/aromatic N) is 1. The summed E-state index contributed by atoms with van der Waals surface area (Å²) in [4.78, 5) is 13.0. The van der Waals surface area contributed by atoms with Crippen molar-refractivity contribution >= 4 is 6.09 Å². The number of hydrogen-bond acceptors (Lipinski definition) is 4. The van der Waals surface area contributed by atoms with Crippen LogP contribution >= 0.6 is 0 Å². The lowest BCUT2D eigenvalue weighted by atomic mass is 10.0. The Labute approximate surface area is 148 Å². The second-order valence-electron chi connectivity index (χ2n) is 6.60. The standard InChI is InChI=1S/C19H27NO5/c21-19(22)20-10-9-17(16(20)14-15-6-2-1-3-7-15)23-12-13-25-18-8-4-5-11-24-18/h1-3,6-7,16-18H,4-5,8-14H2,(H,21,22). The van der Waals surface area contributed by atoms with Crippen molar-refractivity contribution in [1.82, 2.24) is 4.90 Å². The summed E-state index contributed by atoms with van der Waals surface area (Å²) in [6.07, 6.45) is 3.49. The summed E-state index contributed by atoms with van der Waals surface area (Å²) in [7, 11) is 0. The maximum absolute atomic E-state index is 11.5. The highest BCUT2D eigenvalue weighted by atomic mass is 16.7. The molecular formula is C19H27NO5. The second-order valence-corrected chi connectivity index (χ2v) is 6.60. The number of carbonyl (C=O) groups is 1. The lowest BCUT2D eigenvalue weighted by molar-refractivity contribution is -0.171. The van der Waals surface area contributed by atoms with E-state index in [1.807, 2.05) is 30.3 Å². The van der Waals surface area contributed by atoms with E-state index in [1.54, 1.807) is 0 Å². The third kappa shape index (κ3) is 5.17. The zero-order valence-electron chi connectivity index (χ0n) is 14.5. The van der Waals surface area contributed by atoms with Gasteiger partial charge < -0.3 is 24.2 Å². The highest BCUT2D eigenvalue weighted by molar-refractivity contribution is 5.66. The van der Waals surface area contributed by atoms with Gasteiger partial charge in [-0.2, -0.15) is 0 Å². The van der Waals surface area contributed by atoms with Crippen LogP contribution in [0.3, 0.4) is 0 Å². The van der Waals surface area contributed by atoms with Gasteiger partial charge in [0.1, 0.15) is 0 Å². The number of benzene rings is 1. The maximum Gasteiger partial charge on any atom is 0.407 e. The molecular weight excluding hydrogens is 322 g/mol. The van der Waals surface area contributed by atoms with E-state index in [9.17, 15) is 9.90 Å². The molecule has 3 rings (SSSR count). The second kappa shape index (κ2) is 9.17. The molecule has 3 unspecified atom stereocenters. The number of ether oxygens (including phenoxy) is 3. The van der Waals surface area contributed by atoms with Gasteiger partial charge in [0, 0.05) is 13.2 Å². The lowest BCUT2D eigenvalue weighted by Crippen LogP contribution is -2.41. The molecule has 3 atom stereocenters. The molecule has 6 nitrogen and oxygen atoms in total. The van der Waals surface area contributed by atoms with Crippen LogP contribution in [-0.4, -0.2) is 60.9 Å². The van der Waals surface area contributed by atoms with Gasteiger partial charge in [-0.25, -0.2) is 4.79 Å². The molecule has 1 N–H and O–H groups in total. The first-order valence-electron chi connectivity index (χ1n) is 9.12. The molecule has 2 aliphatic heterocycles. The molecule has 0 saturated carbocycles. The Morgan fingerprint density at radius 1 is 1.16 bits per heavy atom. The first kappa shape index (κ1) is 18.2. The topological polar surface area (TPSA) is 68.2 Å². The van der Waals surface area contributed by atoms with Crippen LogP contribution in [0.15, 0.2) is 30.3 Å². The van der Waals surface area contributed by atoms with E-state index >= 15 is 0 Å². The summed E-state index contributed by atoms with van der Waals surface area (Å²) in [6, 6.07) is 9.82. The summed E-state index contributed by atoms with van der Waals surface area (Å²) in [5.74, 6) is 0. The van der Waals surface area contributed by atoms with Crippen LogP contribution < -0.4 is 0 Å². The summed E-state index contributed by atoms with van der Waals surface area (Å²) in [6.45, 7) is 2.22. The first-order chi connectivity index (χ1) is 12.2. The Morgan fingerprint density at radius 2 is 1.96 bits per heavy atom. The van der Waals surface area contributed by atoms with Crippen molar-refractivity contribution in [1.29, 1.82) is 0 Å². The van der Waals surface area contributed by atoms with Gasteiger partial charge in [-0.3, -0.25) is 0 Å². The van der Waals surface area contributed by atoms with E-state index in [2.05, 4.69) is 0 Å². The van der Waals surface area contributed by atoms with Gasteiger partial charge in [0.15, 0.2) is 6.29 Å². The average molecular weight is 349 g/mol. The zero-order valence-corrected chi connectivity index (χ0v) is 14.5. The van der Waals surface area contributed by atoms with E-state index in [0.29, 0.717) is 26.2 Å². The van der Waals surface area contributed by atoms with Crippen molar-refractivity contribution in [2.75, 3.05) is 26.4 Å². The fraction of sp³-hybridized carbons (Fsp3) is 0.632. The highest BCUT2D eigenvalue weighted by Gasteiger charge is 2.37. The number of carboxylic acid groups (broad SMARTS) is 1. The molecule has 1 amide bonds. The van der Waals surface area contributed by atoms with Crippen molar-refractivity contribution in [2.45, 2.75) is 50.5 Å². The minimum absolute atomic E-state index is 0.0906. The molecule has 1 aromatic carbocycles. The van der Waals surface area contributed by atoms with Crippen molar-refractivity contribution < 1.29 is 24.1 Å². The molecule has 0 aromatic heterocycles. The third-order valence-corrected chi connectivity index (χ3v) is 4.87. The first-order valence-corrected chi connectivity index (χ1v) is 9.12. The normalized spacial score (nSPS) is 26.7. The SMILES string of the molecule is O=C(O)N1CCC(OCCOC2CCCCO2)C1Cc1ccccc1. The minimum Gasteiger partial charge on any atom is -0.465 e. The van der Waals surface area contributed by atoms with Gasteiger partial charge in [0.05, 0.1) is 25.4 Å². The predicted octanol–water partition coefficient (Wildman–Crippen LogP) is 2.91. The molecule has 2 heterocycles. The van der Waals surface area contributed by atoms with Crippen molar-refractivity contribution in [3.63, 3.8) is 0 Å². The van der Waals surface area contributed by atoms with Crippen LogP contribution in [0, 0.1) is 0 Å². The van der Waals surface area contributed by atoms with Gasteiger partial charge in [-0.15, -0.1) is 0 Å². The molecule has 1 aromatic rings. The summed E-state index contributed by atoms with van der Waals surface area (Å²) < 4.78 is 17.2. The number of hydrogen-bond donors (Lipinski definition) is 1. The Balaban J connectivity index is 1.49. The number of likely N-dealkylation sites (tertiary alicyclic amines) is 1. The van der Waals surface area contributed by atoms with Gasteiger partial charge in [-0.05, 0) is 37.7 Å². The third-order valence-electron chi connectivity index (χ3n) is 4.87. The molecule has 0 bridgehead atoms. The molecule has 0 aliphatic carbocycles. The molecule has 2 aliphatic rings. The van der Waals surface area contributed by atoms with E-state index in [-0.39, 0.29) is 18.4 Å². The number of rotatable bonds is 7. The quantitative estimate of drug-likeness (QED) is 0.767. The molecule has 2 fully saturated rings. The highest BCUT2D eigenvalue weighted by Crippen LogP contribution is 2.24. The van der Waals surface area contributed by atoms with Crippen molar-refractivity contribution in [2.24, 2.45) is 0 Å². The Kier molecular flexibility index (Phi) is 6.67. The Hall–Kier alpha value is -1.63. The lowest BCUT2D eigenvalue weighted by Gasteiger charge is -2.27. The predicted molar refractivity (Wildman–Crippen MR) is 92.6 cm³/mol. The fourth-order valence-electron chi connectivity index (χ4n) is 3.58. The fourth-order valence-corrected chi connectivity index (χ4v) is 3.58. The molecule has 6 heteroatoms. The van der Waals surface area contributed by atoms with Gasteiger partial charge in [0.25, 0.3) is 0 Å². The Bertz CT molecular complexity index is 532. The van der Waals surface area contributed by atoms with Crippen LogP contribution in [0.4, 0.5) is 4.79 Å².